The fourth-order valence-electron chi connectivity index (χ4n) is 1.01. The Balaban J connectivity index is 2.48. The molecule has 0 amide bonds. The molecule has 66 valence electrons. The van der Waals surface area contributed by atoms with Crippen LogP contribution in [0.1, 0.15) is 10.4 Å². The van der Waals surface area contributed by atoms with E-state index in [1.165, 1.54) is 12.3 Å². The van der Waals surface area contributed by atoms with E-state index in [0.29, 0.717) is 18.2 Å². The van der Waals surface area contributed by atoms with Gasteiger partial charge in [-0.1, -0.05) is 0 Å². The Labute approximate surface area is 73.7 Å². The van der Waals surface area contributed by atoms with Gasteiger partial charge in [0.2, 0.25) is 0 Å². The molecule has 1 N–H and O–H groups in total. The Morgan fingerprint density at radius 1 is 1.62 bits per heavy atom. The number of rotatable bonds is 1. The first-order valence-corrected chi connectivity index (χ1v) is 3.66. The SMILES string of the molecule is O=C(O)c1cnc2c(c1)OCC=N2. The molecule has 0 unspecified atom stereocenters. The van der Waals surface area contributed by atoms with Crippen molar-refractivity contribution in [1.82, 2.24) is 4.98 Å². The lowest BCUT2D eigenvalue weighted by Crippen LogP contribution is -2.06. The number of nitrogens with zero attached hydrogens (tertiary/aromatic N) is 2. The molecule has 2 rings (SSSR count). The summed E-state index contributed by atoms with van der Waals surface area (Å²) in [5.74, 6) is -0.174. The van der Waals surface area contributed by atoms with E-state index in [1.54, 1.807) is 6.21 Å². The summed E-state index contributed by atoms with van der Waals surface area (Å²) in [5.41, 5.74) is 0.107. The van der Waals surface area contributed by atoms with E-state index in [2.05, 4.69) is 9.98 Å². The first kappa shape index (κ1) is 7.72. The van der Waals surface area contributed by atoms with Crippen LogP contribution in [0.25, 0.3) is 0 Å². The standard InChI is InChI=1S/C8H6N2O3/c11-8(12)5-3-6-7(10-4-5)9-1-2-13-6/h1,3-4H,2H2,(H,11,12). The first-order valence-electron chi connectivity index (χ1n) is 3.66. The molecule has 1 aliphatic heterocycles. The minimum absolute atomic E-state index is 0.107. The summed E-state index contributed by atoms with van der Waals surface area (Å²) in [4.78, 5) is 18.3. The molecule has 2 heterocycles. The molecule has 1 aromatic heterocycles. The summed E-state index contributed by atoms with van der Waals surface area (Å²) in [6.07, 6.45) is 2.84. The van der Waals surface area contributed by atoms with Crippen LogP contribution in [0.3, 0.4) is 0 Å². The number of fused-ring (bicyclic) bond motifs is 1. The van der Waals surface area contributed by atoms with Gasteiger partial charge in [-0.25, -0.2) is 14.8 Å². The topological polar surface area (TPSA) is 71.8 Å². The summed E-state index contributed by atoms with van der Waals surface area (Å²) < 4.78 is 5.14. The molecule has 0 atom stereocenters. The molecule has 0 saturated carbocycles. The second-order valence-electron chi connectivity index (χ2n) is 2.47. The summed E-state index contributed by atoms with van der Waals surface area (Å²) in [6.45, 7) is 0.359. The van der Waals surface area contributed by atoms with Gasteiger partial charge in [0, 0.05) is 18.5 Å². The van der Waals surface area contributed by atoms with E-state index in [-0.39, 0.29) is 5.56 Å². The molecule has 1 aliphatic rings. The van der Waals surface area contributed by atoms with Crippen molar-refractivity contribution >= 4 is 18.0 Å². The summed E-state index contributed by atoms with van der Waals surface area (Å²) in [5, 5.41) is 8.65. The lowest BCUT2D eigenvalue weighted by atomic mass is 10.2. The maximum absolute atomic E-state index is 10.6. The average Bonchev–Trinajstić information content (AvgIpc) is 2.17. The molecule has 0 bridgehead atoms. The van der Waals surface area contributed by atoms with Gasteiger partial charge in [0.25, 0.3) is 0 Å². The van der Waals surface area contributed by atoms with E-state index in [9.17, 15) is 4.79 Å². The second kappa shape index (κ2) is 2.85. The van der Waals surface area contributed by atoms with Crippen LogP contribution >= 0.6 is 0 Å². The van der Waals surface area contributed by atoms with Crippen molar-refractivity contribution in [2.45, 2.75) is 0 Å². The third-order valence-corrected chi connectivity index (χ3v) is 1.61. The number of carboxylic acids is 1. The fraction of sp³-hybridized carbons (Fsp3) is 0.125. The van der Waals surface area contributed by atoms with Crippen LogP contribution in [0.4, 0.5) is 5.82 Å². The smallest absolute Gasteiger partial charge is 0.337 e. The van der Waals surface area contributed by atoms with Gasteiger partial charge in [-0.05, 0) is 0 Å². The normalized spacial score (nSPS) is 13.2. The van der Waals surface area contributed by atoms with Gasteiger partial charge >= 0.3 is 5.97 Å². The molecule has 5 heteroatoms. The number of pyridine rings is 1. The number of carbonyl (C=O) groups is 1. The van der Waals surface area contributed by atoms with Crippen molar-refractivity contribution in [2.75, 3.05) is 6.61 Å². The maximum Gasteiger partial charge on any atom is 0.337 e. The van der Waals surface area contributed by atoms with Crippen molar-refractivity contribution in [1.29, 1.82) is 0 Å². The highest BCUT2D eigenvalue weighted by molar-refractivity contribution is 5.88. The van der Waals surface area contributed by atoms with Crippen molar-refractivity contribution in [2.24, 2.45) is 4.99 Å². The number of hydrogen-bond acceptors (Lipinski definition) is 4. The van der Waals surface area contributed by atoms with Crippen LogP contribution in [-0.4, -0.2) is 28.9 Å². The van der Waals surface area contributed by atoms with Crippen molar-refractivity contribution in [3.05, 3.63) is 17.8 Å². The second-order valence-corrected chi connectivity index (χ2v) is 2.47. The highest BCUT2D eigenvalue weighted by Crippen LogP contribution is 2.27. The predicted molar refractivity (Wildman–Crippen MR) is 44.8 cm³/mol. The van der Waals surface area contributed by atoms with E-state index in [4.69, 9.17) is 9.84 Å². The van der Waals surface area contributed by atoms with Crippen molar-refractivity contribution in [3.63, 3.8) is 0 Å². The maximum atomic E-state index is 10.6. The van der Waals surface area contributed by atoms with Crippen molar-refractivity contribution < 1.29 is 14.6 Å². The summed E-state index contributed by atoms with van der Waals surface area (Å²) >= 11 is 0. The van der Waals surface area contributed by atoms with E-state index < -0.39 is 5.97 Å². The summed E-state index contributed by atoms with van der Waals surface area (Å²) in [7, 11) is 0. The number of hydrogen-bond donors (Lipinski definition) is 1. The van der Waals surface area contributed by atoms with Gasteiger partial charge in [-0.15, -0.1) is 0 Å². The molecular weight excluding hydrogens is 172 g/mol. The van der Waals surface area contributed by atoms with Gasteiger partial charge in [0.05, 0.1) is 5.56 Å². The number of aromatic nitrogens is 1. The van der Waals surface area contributed by atoms with Gasteiger partial charge in [0.15, 0.2) is 11.6 Å². The number of ether oxygens (including phenoxy) is 1. The predicted octanol–water partition coefficient (Wildman–Crippen LogP) is 0.874. The number of aromatic carboxylic acids is 1. The Kier molecular flexibility index (Phi) is 1.70. The molecule has 0 aliphatic carbocycles. The number of aliphatic imine (C=N–C) groups is 1. The molecule has 0 saturated heterocycles. The van der Waals surface area contributed by atoms with Crippen LogP contribution in [0.5, 0.6) is 5.75 Å². The highest BCUT2D eigenvalue weighted by atomic mass is 16.5. The molecule has 0 spiro atoms. The van der Waals surface area contributed by atoms with Crippen LogP contribution < -0.4 is 4.74 Å². The molecule has 1 aromatic rings. The van der Waals surface area contributed by atoms with E-state index in [0.717, 1.165) is 0 Å². The average molecular weight is 178 g/mol. The molecule has 0 radical (unpaired) electrons. The molecule has 0 fully saturated rings. The minimum atomic E-state index is -1.02. The Hall–Kier alpha value is -1.91. The Bertz CT molecular complexity index is 387. The zero-order valence-corrected chi connectivity index (χ0v) is 6.60. The quantitative estimate of drug-likeness (QED) is 0.692. The fourth-order valence-corrected chi connectivity index (χ4v) is 1.01. The molecular formula is C8H6N2O3. The van der Waals surface area contributed by atoms with Crippen LogP contribution in [0.2, 0.25) is 0 Å². The van der Waals surface area contributed by atoms with Crippen LogP contribution in [0.15, 0.2) is 17.3 Å². The van der Waals surface area contributed by atoms with Gasteiger partial charge in [-0.3, -0.25) is 0 Å². The zero-order chi connectivity index (χ0) is 9.26. The van der Waals surface area contributed by atoms with Crippen molar-refractivity contribution in [3.8, 4) is 5.75 Å². The highest BCUT2D eigenvalue weighted by Gasteiger charge is 2.11. The third-order valence-electron chi connectivity index (χ3n) is 1.61. The molecule has 5 nitrogen and oxygen atoms in total. The summed E-state index contributed by atoms with van der Waals surface area (Å²) in [6, 6.07) is 1.42. The van der Waals surface area contributed by atoms with E-state index in [1.807, 2.05) is 0 Å². The molecule has 13 heavy (non-hydrogen) atoms. The Morgan fingerprint density at radius 2 is 2.46 bits per heavy atom. The monoisotopic (exact) mass is 178 g/mol. The zero-order valence-electron chi connectivity index (χ0n) is 6.60. The van der Waals surface area contributed by atoms with Gasteiger partial charge in [-0.2, -0.15) is 0 Å². The molecule has 0 aromatic carbocycles. The number of carboxylic acid groups (broad SMARTS) is 1. The van der Waals surface area contributed by atoms with Crippen LogP contribution in [-0.2, 0) is 0 Å². The van der Waals surface area contributed by atoms with Gasteiger partial charge < -0.3 is 9.84 Å². The van der Waals surface area contributed by atoms with E-state index >= 15 is 0 Å². The Morgan fingerprint density at radius 3 is 3.23 bits per heavy atom. The largest absolute Gasteiger partial charge is 0.484 e. The minimum Gasteiger partial charge on any atom is -0.484 e. The third kappa shape index (κ3) is 1.35. The first-order chi connectivity index (χ1) is 6.27. The van der Waals surface area contributed by atoms with Crippen LogP contribution in [0, 0.1) is 0 Å². The lowest BCUT2D eigenvalue weighted by Gasteiger charge is -2.10. The van der Waals surface area contributed by atoms with Gasteiger partial charge in [0.1, 0.15) is 6.61 Å². The lowest BCUT2D eigenvalue weighted by molar-refractivity contribution is 0.0696.